The molecule has 0 amide bonds. The van der Waals surface area contributed by atoms with Crippen molar-refractivity contribution in [3.8, 4) is 0 Å². The lowest BCUT2D eigenvalue weighted by Crippen LogP contribution is -2.25. The van der Waals surface area contributed by atoms with Crippen molar-refractivity contribution < 1.29 is 8.42 Å². The molecule has 0 bridgehead atoms. The second-order valence-electron chi connectivity index (χ2n) is 4.24. The molecule has 0 saturated heterocycles. The van der Waals surface area contributed by atoms with Crippen molar-refractivity contribution in [2.24, 2.45) is 7.05 Å². The van der Waals surface area contributed by atoms with Crippen LogP contribution in [0.2, 0.25) is 0 Å². The predicted molar refractivity (Wildman–Crippen MR) is 72.3 cm³/mol. The first-order valence-electron chi connectivity index (χ1n) is 6.03. The third-order valence-corrected chi connectivity index (χ3v) is 4.31. The highest BCUT2D eigenvalue weighted by Crippen LogP contribution is 2.08. The average Bonchev–Trinajstić information content (AvgIpc) is 2.65. The molecule has 0 saturated carbocycles. The van der Waals surface area contributed by atoms with Crippen LogP contribution in [-0.2, 0) is 17.1 Å². The summed E-state index contributed by atoms with van der Waals surface area (Å²) in [6.45, 7) is 2.21. The topological polar surface area (TPSA) is 64.0 Å². The van der Waals surface area contributed by atoms with Crippen LogP contribution < -0.4 is 4.72 Å². The highest BCUT2D eigenvalue weighted by atomic mass is 35.5. The SMILES string of the molecule is Cc1nc(S(=O)(=O)NCCCCCCCl)cn1C. The van der Waals surface area contributed by atoms with Gasteiger partial charge in [0.15, 0.2) is 5.03 Å². The van der Waals surface area contributed by atoms with Crippen molar-refractivity contribution in [3.05, 3.63) is 12.0 Å². The Morgan fingerprint density at radius 2 is 2.00 bits per heavy atom. The molecule has 0 aliphatic carbocycles. The van der Waals surface area contributed by atoms with E-state index < -0.39 is 10.0 Å². The minimum absolute atomic E-state index is 0.0864. The molecule has 104 valence electrons. The van der Waals surface area contributed by atoms with Crippen LogP contribution in [0.25, 0.3) is 0 Å². The fourth-order valence-electron chi connectivity index (χ4n) is 1.51. The molecule has 18 heavy (non-hydrogen) atoms. The van der Waals surface area contributed by atoms with Crippen LogP contribution in [0.5, 0.6) is 0 Å². The van der Waals surface area contributed by atoms with E-state index >= 15 is 0 Å². The molecule has 0 fully saturated rings. The van der Waals surface area contributed by atoms with Crippen molar-refractivity contribution >= 4 is 21.6 Å². The van der Waals surface area contributed by atoms with Crippen LogP contribution in [0.15, 0.2) is 11.2 Å². The predicted octanol–water partition coefficient (Wildman–Crippen LogP) is 1.81. The van der Waals surface area contributed by atoms with Gasteiger partial charge in [-0.25, -0.2) is 18.1 Å². The van der Waals surface area contributed by atoms with Crippen LogP contribution in [-0.4, -0.2) is 30.4 Å². The summed E-state index contributed by atoms with van der Waals surface area (Å²) in [4.78, 5) is 4.01. The van der Waals surface area contributed by atoms with Gasteiger partial charge in [-0.2, -0.15) is 0 Å². The average molecular weight is 294 g/mol. The van der Waals surface area contributed by atoms with E-state index in [1.807, 2.05) is 0 Å². The minimum Gasteiger partial charge on any atom is -0.337 e. The van der Waals surface area contributed by atoms with Crippen LogP contribution >= 0.6 is 11.6 Å². The first-order chi connectivity index (χ1) is 8.47. The summed E-state index contributed by atoms with van der Waals surface area (Å²) in [5, 5.41) is 0.0864. The van der Waals surface area contributed by atoms with Crippen LogP contribution in [0, 0.1) is 6.92 Å². The van der Waals surface area contributed by atoms with Gasteiger partial charge in [0.1, 0.15) is 5.82 Å². The molecule has 0 aliphatic heterocycles. The van der Waals surface area contributed by atoms with Crippen molar-refractivity contribution in [2.45, 2.75) is 37.6 Å². The van der Waals surface area contributed by atoms with Gasteiger partial charge in [0.25, 0.3) is 10.0 Å². The lowest BCUT2D eigenvalue weighted by Gasteiger charge is -2.03. The number of alkyl halides is 1. The number of hydrogen-bond acceptors (Lipinski definition) is 3. The van der Waals surface area contributed by atoms with Gasteiger partial charge in [0, 0.05) is 25.7 Å². The van der Waals surface area contributed by atoms with Gasteiger partial charge >= 0.3 is 0 Å². The van der Waals surface area contributed by atoms with E-state index in [2.05, 4.69) is 9.71 Å². The summed E-state index contributed by atoms with van der Waals surface area (Å²) >= 11 is 5.56. The van der Waals surface area contributed by atoms with Gasteiger partial charge in [0.2, 0.25) is 0 Å². The summed E-state index contributed by atoms with van der Waals surface area (Å²) in [5.74, 6) is 1.34. The number of hydrogen-bond donors (Lipinski definition) is 1. The number of nitrogens with one attached hydrogen (secondary N) is 1. The van der Waals surface area contributed by atoms with Gasteiger partial charge in [0.05, 0.1) is 0 Å². The zero-order valence-electron chi connectivity index (χ0n) is 10.8. The van der Waals surface area contributed by atoms with E-state index in [0.29, 0.717) is 18.2 Å². The number of sulfonamides is 1. The normalized spacial score (nSPS) is 11.9. The van der Waals surface area contributed by atoms with E-state index in [-0.39, 0.29) is 5.03 Å². The number of imidazole rings is 1. The molecule has 1 aromatic rings. The number of unbranched alkanes of at least 4 members (excludes halogenated alkanes) is 3. The molecule has 1 aromatic heterocycles. The number of aryl methyl sites for hydroxylation is 2. The molecule has 1 N–H and O–H groups in total. The Hall–Kier alpha value is -0.590. The molecule has 7 heteroatoms. The Morgan fingerprint density at radius 1 is 1.33 bits per heavy atom. The highest BCUT2D eigenvalue weighted by molar-refractivity contribution is 7.89. The molecule has 0 aromatic carbocycles. The van der Waals surface area contributed by atoms with Crippen molar-refractivity contribution in [3.63, 3.8) is 0 Å². The second kappa shape index (κ2) is 7.11. The maximum atomic E-state index is 11.9. The quantitative estimate of drug-likeness (QED) is 0.587. The van der Waals surface area contributed by atoms with Crippen molar-refractivity contribution in [1.82, 2.24) is 14.3 Å². The van der Waals surface area contributed by atoms with E-state index in [1.54, 1.807) is 18.5 Å². The van der Waals surface area contributed by atoms with E-state index in [1.165, 1.54) is 6.20 Å². The zero-order chi connectivity index (χ0) is 13.6. The Bertz CT molecular complexity index is 451. The summed E-state index contributed by atoms with van der Waals surface area (Å²) in [6, 6.07) is 0. The fourth-order valence-corrected chi connectivity index (χ4v) is 2.81. The maximum Gasteiger partial charge on any atom is 0.259 e. The van der Waals surface area contributed by atoms with Gasteiger partial charge in [-0.3, -0.25) is 0 Å². The standard InChI is InChI=1S/C11H20ClN3O2S/c1-10-14-11(9-15(10)2)18(16,17)13-8-6-4-3-5-7-12/h9,13H,3-8H2,1-2H3. The third-order valence-electron chi connectivity index (χ3n) is 2.71. The Labute approximate surface area is 114 Å². The molecule has 0 unspecified atom stereocenters. The first-order valence-corrected chi connectivity index (χ1v) is 8.04. The summed E-state index contributed by atoms with van der Waals surface area (Å²) in [7, 11) is -1.69. The third kappa shape index (κ3) is 4.59. The molecule has 5 nitrogen and oxygen atoms in total. The molecule has 0 atom stereocenters. The van der Waals surface area contributed by atoms with E-state index in [9.17, 15) is 8.42 Å². The molecular formula is C11H20ClN3O2S. The lowest BCUT2D eigenvalue weighted by molar-refractivity contribution is 0.570. The Morgan fingerprint density at radius 3 is 2.56 bits per heavy atom. The summed E-state index contributed by atoms with van der Waals surface area (Å²) < 4.78 is 28.0. The van der Waals surface area contributed by atoms with Crippen LogP contribution in [0.3, 0.4) is 0 Å². The monoisotopic (exact) mass is 293 g/mol. The van der Waals surface area contributed by atoms with Gasteiger partial charge in [-0.1, -0.05) is 12.8 Å². The van der Waals surface area contributed by atoms with Crippen molar-refractivity contribution in [1.29, 1.82) is 0 Å². The van der Waals surface area contributed by atoms with E-state index in [4.69, 9.17) is 11.6 Å². The smallest absolute Gasteiger partial charge is 0.259 e. The van der Waals surface area contributed by atoms with Crippen molar-refractivity contribution in [2.75, 3.05) is 12.4 Å². The second-order valence-corrected chi connectivity index (χ2v) is 6.33. The Kier molecular flexibility index (Phi) is 6.11. The van der Waals surface area contributed by atoms with E-state index in [0.717, 1.165) is 25.7 Å². The number of rotatable bonds is 8. The number of halogens is 1. The number of nitrogens with zero attached hydrogens (tertiary/aromatic N) is 2. The molecule has 0 aliphatic rings. The number of aromatic nitrogens is 2. The first kappa shape index (κ1) is 15.5. The molecule has 1 rings (SSSR count). The van der Waals surface area contributed by atoms with Crippen LogP contribution in [0.4, 0.5) is 0 Å². The fraction of sp³-hybridized carbons (Fsp3) is 0.727. The van der Waals surface area contributed by atoms with Gasteiger partial charge < -0.3 is 4.57 Å². The van der Waals surface area contributed by atoms with Crippen LogP contribution in [0.1, 0.15) is 31.5 Å². The molecule has 0 radical (unpaired) electrons. The highest BCUT2D eigenvalue weighted by Gasteiger charge is 2.17. The molecule has 1 heterocycles. The largest absolute Gasteiger partial charge is 0.337 e. The lowest BCUT2D eigenvalue weighted by atomic mass is 10.2. The molecular weight excluding hydrogens is 274 g/mol. The van der Waals surface area contributed by atoms with Gasteiger partial charge in [-0.05, 0) is 19.8 Å². The molecule has 0 spiro atoms. The minimum atomic E-state index is -3.46. The summed E-state index contributed by atoms with van der Waals surface area (Å²) in [5.41, 5.74) is 0. The zero-order valence-corrected chi connectivity index (χ0v) is 12.4. The summed E-state index contributed by atoms with van der Waals surface area (Å²) in [6.07, 6.45) is 5.34. The maximum absolute atomic E-state index is 11.9. The Balaban J connectivity index is 2.41. The van der Waals surface area contributed by atoms with Gasteiger partial charge in [-0.15, -0.1) is 11.6 Å².